The van der Waals surface area contributed by atoms with Crippen LogP contribution >= 0.6 is 7.60 Å². The zero-order chi connectivity index (χ0) is 12.9. The minimum Gasteiger partial charge on any atom is -0.810 e. The van der Waals surface area contributed by atoms with E-state index < -0.39 is 44.1 Å². The van der Waals surface area contributed by atoms with Crippen LogP contribution in [0.5, 0.6) is 0 Å². The van der Waals surface area contributed by atoms with E-state index in [1.54, 1.807) is 0 Å². The van der Waals surface area contributed by atoms with Gasteiger partial charge >= 0.3 is 0 Å². The molecule has 0 saturated carbocycles. The van der Waals surface area contributed by atoms with Crippen LogP contribution in [0.4, 0.5) is 0 Å². The maximum Gasteiger partial charge on any atom is 0.225 e. The van der Waals surface area contributed by atoms with E-state index in [-0.39, 0.29) is 0 Å². The summed E-state index contributed by atoms with van der Waals surface area (Å²) < 4.78 is 10.1. The van der Waals surface area contributed by atoms with Gasteiger partial charge in [0.2, 0.25) is 5.91 Å². The minimum atomic E-state index is -5.13. The summed E-state index contributed by atoms with van der Waals surface area (Å²) >= 11 is 0. The molecule has 0 heterocycles. The standard InChI is InChI=1S/C6H10NO8P/c8-4(2-16(13,14)15)7-3(6(11)12)1-5(9)10/h3H,1-2H2,(H,7,8)(H,9,10)(H,11,12)(H2,13,14,15)/p-4. The highest BCUT2D eigenvalue weighted by Gasteiger charge is 2.14. The van der Waals surface area contributed by atoms with Gasteiger partial charge in [-0.1, -0.05) is 7.60 Å². The largest absolute Gasteiger partial charge is 0.810 e. The van der Waals surface area contributed by atoms with E-state index in [1.165, 1.54) is 5.32 Å². The van der Waals surface area contributed by atoms with Crippen molar-refractivity contribution in [1.29, 1.82) is 0 Å². The van der Waals surface area contributed by atoms with E-state index in [1.807, 2.05) is 0 Å². The first-order valence-corrected chi connectivity index (χ1v) is 5.56. The number of aliphatic carboxylic acids is 2. The summed E-state index contributed by atoms with van der Waals surface area (Å²) in [6, 6.07) is -1.94. The molecule has 0 saturated heterocycles. The van der Waals surface area contributed by atoms with Crippen molar-refractivity contribution in [2.75, 3.05) is 6.16 Å². The van der Waals surface area contributed by atoms with Crippen LogP contribution in [0.15, 0.2) is 0 Å². The molecule has 92 valence electrons. The summed E-state index contributed by atoms with van der Waals surface area (Å²) in [5.74, 6) is -5.12. The predicted octanol–water partition coefficient (Wildman–Crippen LogP) is -5.73. The number of carboxylic acid groups (broad SMARTS) is 2. The second kappa shape index (κ2) is 5.59. The average Bonchev–Trinajstić information content (AvgIpc) is 1.97. The zero-order valence-electron chi connectivity index (χ0n) is 7.70. The molecule has 0 radical (unpaired) electrons. The van der Waals surface area contributed by atoms with E-state index in [9.17, 15) is 38.9 Å². The Hall–Kier alpha value is -1.44. The van der Waals surface area contributed by atoms with Crippen molar-refractivity contribution in [3.05, 3.63) is 0 Å². The number of nitrogens with one attached hydrogen (secondary N) is 1. The number of amides is 1. The molecule has 0 spiro atoms. The molecule has 0 aliphatic rings. The van der Waals surface area contributed by atoms with Gasteiger partial charge in [0.1, 0.15) is 0 Å². The van der Waals surface area contributed by atoms with Gasteiger partial charge in [0.25, 0.3) is 0 Å². The first-order valence-electron chi connectivity index (χ1n) is 3.83. The number of carboxylic acids is 2. The molecular formula is C6H6NO8P-4. The third kappa shape index (κ3) is 6.93. The average molecular weight is 251 g/mol. The van der Waals surface area contributed by atoms with Crippen LogP contribution in [-0.2, 0) is 18.9 Å². The van der Waals surface area contributed by atoms with Gasteiger partial charge in [0.05, 0.1) is 18.2 Å². The molecule has 9 nitrogen and oxygen atoms in total. The summed E-state index contributed by atoms with van der Waals surface area (Å²) in [6.45, 7) is 0. The Morgan fingerprint density at radius 2 is 1.69 bits per heavy atom. The molecule has 0 aromatic heterocycles. The van der Waals surface area contributed by atoms with Crippen molar-refractivity contribution < 1.29 is 38.9 Å². The summed E-state index contributed by atoms with van der Waals surface area (Å²) in [7, 11) is -5.13. The van der Waals surface area contributed by atoms with Crippen LogP contribution in [0.3, 0.4) is 0 Å². The van der Waals surface area contributed by atoms with E-state index in [4.69, 9.17) is 0 Å². The Kier molecular flexibility index (Phi) is 5.09. The quantitative estimate of drug-likeness (QED) is 0.454. The molecule has 16 heavy (non-hydrogen) atoms. The van der Waals surface area contributed by atoms with Crippen LogP contribution in [0.1, 0.15) is 6.42 Å². The van der Waals surface area contributed by atoms with Gasteiger partial charge in [-0.3, -0.25) is 4.79 Å². The van der Waals surface area contributed by atoms with E-state index >= 15 is 0 Å². The molecule has 1 amide bonds. The second-order valence-electron chi connectivity index (χ2n) is 2.78. The van der Waals surface area contributed by atoms with Crippen LogP contribution < -0.4 is 25.3 Å². The van der Waals surface area contributed by atoms with E-state index in [0.717, 1.165) is 0 Å². The van der Waals surface area contributed by atoms with Gasteiger partial charge in [-0.05, 0) is 0 Å². The second-order valence-corrected chi connectivity index (χ2v) is 4.32. The molecule has 1 unspecified atom stereocenters. The summed E-state index contributed by atoms with van der Waals surface area (Å²) in [5.41, 5.74) is 0. The smallest absolute Gasteiger partial charge is 0.225 e. The molecule has 10 heteroatoms. The lowest BCUT2D eigenvalue weighted by Gasteiger charge is -2.29. The van der Waals surface area contributed by atoms with Gasteiger partial charge in [-0.15, -0.1) is 0 Å². The Morgan fingerprint density at radius 1 is 1.19 bits per heavy atom. The van der Waals surface area contributed by atoms with Gasteiger partial charge in [-0.25, -0.2) is 0 Å². The molecule has 0 aromatic carbocycles. The SMILES string of the molecule is O=C([O-])CC(NC(=O)CP(=O)([O-])[O-])C(=O)[O-]. The number of rotatable bonds is 6. The first kappa shape index (κ1) is 14.6. The predicted molar refractivity (Wildman–Crippen MR) is 39.0 cm³/mol. The van der Waals surface area contributed by atoms with Crippen LogP contribution in [0.2, 0.25) is 0 Å². The lowest BCUT2D eigenvalue weighted by atomic mass is 10.2. The molecule has 0 fully saturated rings. The van der Waals surface area contributed by atoms with Gasteiger partial charge in [-0.2, -0.15) is 0 Å². The van der Waals surface area contributed by atoms with Crippen molar-refractivity contribution in [1.82, 2.24) is 5.32 Å². The molecule has 0 rings (SSSR count). The Morgan fingerprint density at radius 3 is 2.00 bits per heavy atom. The van der Waals surface area contributed by atoms with Crippen molar-refractivity contribution in [2.45, 2.75) is 12.5 Å². The fourth-order valence-corrected chi connectivity index (χ4v) is 1.22. The normalized spacial score (nSPS) is 12.9. The fraction of sp³-hybridized carbons (Fsp3) is 0.500. The number of carbonyl (C=O) groups is 3. The van der Waals surface area contributed by atoms with E-state index in [0.29, 0.717) is 0 Å². The topological polar surface area (TPSA) is 173 Å². The fourth-order valence-electron chi connectivity index (χ4n) is 0.776. The first-order chi connectivity index (χ1) is 7.11. The van der Waals surface area contributed by atoms with Gasteiger partial charge in [0.15, 0.2) is 0 Å². The van der Waals surface area contributed by atoms with Crippen LogP contribution in [0, 0.1) is 0 Å². The summed E-state index contributed by atoms with van der Waals surface area (Å²) in [4.78, 5) is 51.4. The monoisotopic (exact) mass is 251 g/mol. The maximum atomic E-state index is 10.8. The van der Waals surface area contributed by atoms with Crippen molar-refractivity contribution in [3.63, 3.8) is 0 Å². The number of hydrogen-bond donors (Lipinski definition) is 1. The lowest BCUT2D eigenvalue weighted by Crippen LogP contribution is -2.51. The van der Waals surface area contributed by atoms with Crippen molar-refractivity contribution >= 4 is 25.4 Å². The Labute approximate surface area is 89.2 Å². The molecule has 1 atom stereocenters. The van der Waals surface area contributed by atoms with Gasteiger partial charge in [0, 0.05) is 12.4 Å². The molecule has 0 aliphatic heterocycles. The zero-order valence-corrected chi connectivity index (χ0v) is 8.60. The van der Waals surface area contributed by atoms with Crippen molar-refractivity contribution in [2.24, 2.45) is 0 Å². The number of carbonyl (C=O) groups excluding carboxylic acids is 3. The highest BCUT2D eigenvalue weighted by Crippen LogP contribution is 2.21. The molecule has 0 aliphatic carbocycles. The maximum absolute atomic E-state index is 10.8. The third-order valence-electron chi connectivity index (χ3n) is 1.33. The van der Waals surface area contributed by atoms with Crippen LogP contribution in [0.25, 0.3) is 0 Å². The Bertz CT molecular complexity index is 346. The third-order valence-corrected chi connectivity index (χ3v) is 2.00. The summed E-state index contributed by atoms with van der Waals surface area (Å²) in [6.07, 6.45) is -2.54. The van der Waals surface area contributed by atoms with Gasteiger partial charge < -0.3 is 39.5 Å². The van der Waals surface area contributed by atoms with Crippen LogP contribution in [-0.4, -0.2) is 30.0 Å². The molecule has 0 bridgehead atoms. The molecule has 1 N–H and O–H groups in total. The van der Waals surface area contributed by atoms with Crippen molar-refractivity contribution in [3.8, 4) is 0 Å². The molecular weight excluding hydrogens is 245 g/mol. The lowest BCUT2D eigenvalue weighted by molar-refractivity contribution is -0.317. The Balaban J connectivity index is 4.41. The highest BCUT2D eigenvalue weighted by molar-refractivity contribution is 7.49. The molecule has 0 aromatic rings. The minimum absolute atomic E-state index is 1.09. The highest BCUT2D eigenvalue weighted by atomic mass is 31.2. The van der Waals surface area contributed by atoms with E-state index in [2.05, 4.69) is 0 Å². The summed E-state index contributed by atoms with van der Waals surface area (Å²) in [5, 5.41) is 21.9. The number of hydrogen-bond acceptors (Lipinski definition) is 8.